The summed E-state index contributed by atoms with van der Waals surface area (Å²) >= 11 is 6.27. The highest BCUT2D eigenvalue weighted by Gasteiger charge is 2.64. The zero-order valence-electron chi connectivity index (χ0n) is 40.7. The fourth-order valence-corrected chi connectivity index (χ4v) is 11.7. The van der Waals surface area contributed by atoms with E-state index in [1.165, 1.54) is 6.42 Å². The number of halogens is 1. The van der Waals surface area contributed by atoms with E-state index < -0.39 is 0 Å². The fraction of sp³-hybridized carbons (Fsp3) is 0.558. The van der Waals surface area contributed by atoms with Crippen molar-refractivity contribution in [2.24, 2.45) is 16.7 Å². The van der Waals surface area contributed by atoms with Gasteiger partial charge in [0.1, 0.15) is 35.7 Å². The van der Waals surface area contributed by atoms with E-state index in [4.69, 9.17) is 31.0 Å². The lowest BCUT2D eigenvalue weighted by molar-refractivity contribution is -0.164. The van der Waals surface area contributed by atoms with Crippen LogP contribution in [-0.2, 0) is 13.0 Å². The van der Waals surface area contributed by atoms with Crippen LogP contribution in [0.3, 0.4) is 0 Å². The Morgan fingerprint density at radius 3 is 2.36 bits per heavy atom. The first-order chi connectivity index (χ1) is 33.3. The van der Waals surface area contributed by atoms with Gasteiger partial charge in [-0.3, -0.25) is 4.79 Å². The maximum atomic E-state index is 13.5. The standard InChI is InChI=1S/C52H67ClN12O4/c1-6-36-32-59-65-43(26-44(60-46(36)65)64-19-8-7-9-39(64)18-24-66)55-28-35-10-13-45(56-29-35)68-40-16-20-62(21-17-40)33-34-14-22-63(23-15-34)50-57-30-38(31-58-50)47(67)61-48-51(2,3)49(52(48,4)5)69-41-12-11-37(27-54)42(53)25-41/h10-13,25-26,29-32,34,39-40,48-49,55,66H,6-9,14-24,28,33H2,1-5H3,(H,61,67)/t39-,48?,49?/m0/s1. The van der Waals surface area contributed by atoms with E-state index in [-0.39, 0.29) is 47.6 Å². The minimum absolute atomic E-state index is 0.139. The highest BCUT2D eigenvalue weighted by atomic mass is 35.5. The second kappa shape index (κ2) is 20.7. The SMILES string of the molecule is CCc1cnn2c(NCc3ccc(OC4CCN(CC5CCN(c6ncc(C(=O)NC7C(C)(C)C(Oc8ccc(C#N)c(Cl)c8)C7(C)C)cn6)CC5)CC4)nc3)cc(N3CCCC[C@H]3CCO)nc12. The molecule has 4 aromatic heterocycles. The Balaban J connectivity index is 0.700. The van der Waals surface area contributed by atoms with E-state index in [1.54, 1.807) is 30.6 Å². The van der Waals surface area contributed by atoms with Crippen LogP contribution in [0.5, 0.6) is 11.6 Å². The largest absolute Gasteiger partial charge is 0.489 e. The Morgan fingerprint density at radius 2 is 1.68 bits per heavy atom. The van der Waals surface area contributed by atoms with E-state index in [2.05, 4.69) is 93.2 Å². The number of rotatable bonds is 16. The van der Waals surface area contributed by atoms with Crippen molar-refractivity contribution in [3.05, 3.63) is 88.5 Å². The van der Waals surface area contributed by atoms with Gasteiger partial charge in [0.2, 0.25) is 11.8 Å². The van der Waals surface area contributed by atoms with E-state index >= 15 is 0 Å². The van der Waals surface area contributed by atoms with Crippen LogP contribution in [0.25, 0.3) is 5.65 Å². The van der Waals surface area contributed by atoms with Crippen molar-refractivity contribution in [3.63, 3.8) is 0 Å². The Bertz CT molecular complexity index is 2580. The van der Waals surface area contributed by atoms with Gasteiger partial charge in [-0.05, 0) is 81.4 Å². The van der Waals surface area contributed by atoms with Crippen molar-refractivity contribution >= 4 is 40.7 Å². The molecule has 3 saturated heterocycles. The predicted molar refractivity (Wildman–Crippen MR) is 267 cm³/mol. The smallest absolute Gasteiger partial charge is 0.254 e. The number of pyridine rings is 1. The minimum atomic E-state index is -0.374. The van der Waals surface area contributed by atoms with Crippen LogP contribution in [0.1, 0.15) is 113 Å². The van der Waals surface area contributed by atoms with Crippen LogP contribution in [0.15, 0.2) is 61.2 Å². The molecule has 17 heteroatoms. The summed E-state index contributed by atoms with van der Waals surface area (Å²) in [6.45, 7) is 17.0. The molecule has 9 rings (SSSR count). The van der Waals surface area contributed by atoms with E-state index in [9.17, 15) is 15.2 Å². The molecular weight excluding hydrogens is 892 g/mol. The Hall–Kier alpha value is -5.76. The molecule has 0 unspecified atom stereocenters. The Labute approximate surface area is 410 Å². The molecule has 0 spiro atoms. The zero-order chi connectivity index (χ0) is 48.3. The molecule has 1 atom stereocenters. The van der Waals surface area contributed by atoms with Crippen LogP contribution in [0, 0.1) is 28.1 Å². The number of aromatic nitrogens is 6. The zero-order valence-corrected chi connectivity index (χ0v) is 41.5. The number of nitrogens with zero attached hydrogens (tertiary/aromatic N) is 10. The Morgan fingerprint density at radius 1 is 0.913 bits per heavy atom. The average Bonchev–Trinajstić information content (AvgIpc) is 3.79. The number of aliphatic hydroxyl groups excluding tert-OH is 1. The number of nitriles is 1. The molecule has 4 fully saturated rings. The maximum Gasteiger partial charge on any atom is 0.254 e. The number of fused-ring (bicyclic) bond motifs is 1. The number of hydrogen-bond acceptors (Lipinski definition) is 14. The lowest BCUT2D eigenvalue weighted by Crippen LogP contribution is -2.74. The highest BCUT2D eigenvalue weighted by Crippen LogP contribution is 2.55. The van der Waals surface area contributed by atoms with Gasteiger partial charge in [0.15, 0.2) is 5.65 Å². The predicted octanol–water partition coefficient (Wildman–Crippen LogP) is 7.73. The molecule has 1 amide bonds. The number of carbonyl (C=O) groups excluding carboxylic acids is 1. The molecule has 366 valence electrons. The number of amides is 1. The fourth-order valence-electron chi connectivity index (χ4n) is 11.5. The first kappa shape index (κ1) is 48.3. The summed E-state index contributed by atoms with van der Waals surface area (Å²) in [4.78, 5) is 39.7. The highest BCUT2D eigenvalue weighted by molar-refractivity contribution is 6.31. The molecule has 16 nitrogen and oxygen atoms in total. The molecule has 5 aromatic rings. The Kier molecular flexibility index (Phi) is 14.5. The van der Waals surface area contributed by atoms with Crippen molar-refractivity contribution in [2.75, 3.05) is 61.0 Å². The number of nitrogens with one attached hydrogen (secondary N) is 2. The van der Waals surface area contributed by atoms with Crippen LogP contribution in [0.4, 0.5) is 17.6 Å². The first-order valence-electron chi connectivity index (χ1n) is 24.9. The summed E-state index contributed by atoms with van der Waals surface area (Å²) in [5.41, 5.74) is 3.11. The second-order valence-corrected chi connectivity index (χ2v) is 21.0. The molecule has 4 aliphatic rings. The van der Waals surface area contributed by atoms with Crippen molar-refractivity contribution in [3.8, 4) is 17.7 Å². The summed E-state index contributed by atoms with van der Waals surface area (Å²) in [6.07, 6.45) is 16.0. The summed E-state index contributed by atoms with van der Waals surface area (Å²) in [7, 11) is 0. The molecule has 1 saturated carbocycles. The average molecular weight is 960 g/mol. The normalized spacial score (nSPS) is 21.9. The number of piperidine rings is 3. The number of benzene rings is 1. The van der Waals surface area contributed by atoms with Gasteiger partial charge in [0, 0.05) is 118 Å². The number of anilines is 3. The number of ether oxygens (including phenoxy) is 2. The van der Waals surface area contributed by atoms with E-state index in [0.29, 0.717) is 46.2 Å². The van der Waals surface area contributed by atoms with Gasteiger partial charge in [0.25, 0.3) is 5.91 Å². The van der Waals surface area contributed by atoms with E-state index in [0.717, 1.165) is 119 Å². The minimum Gasteiger partial charge on any atom is -0.489 e. The molecule has 69 heavy (non-hydrogen) atoms. The summed E-state index contributed by atoms with van der Waals surface area (Å²) in [5, 5.41) is 30.9. The number of aryl methyl sites for hydroxylation is 1. The third-order valence-electron chi connectivity index (χ3n) is 15.1. The molecule has 0 radical (unpaired) electrons. The van der Waals surface area contributed by atoms with E-state index in [1.807, 2.05) is 23.0 Å². The van der Waals surface area contributed by atoms with Gasteiger partial charge < -0.3 is 39.9 Å². The van der Waals surface area contributed by atoms with Crippen LogP contribution >= 0.6 is 11.6 Å². The number of carbonyl (C=O) groups is 1. The molecule has 1 aromatic carbocycles. The topological polar surface area (TPSA) is 182 Å². The second-order valence-electron chi connectivity index (χ2n) is 20.6. The monoisotopic (exact) mass is 959 g/mol. The third-order valence-corrected chi connectivity index (χ3v) is 15.4. The maximum absolute atomic E-state index is 13.5. The molecule has 7 heterocycles. The quantitative estimate of drug-likeness (QED) is 0.0874. The first-order valence-corrected chi connectivity index (χ1v) is 25.3. The summed E-state index contributed by atoms with van der Waals surface area (Å²) < 4.78 is 14.7. The number of hydrogen-bond donors (Lipinski definition) is 3. The summed E-state index contributed by atoms with van der Waals surface area (Å²) in [5.74, 6) is 4.13. The lowest BCUT2D eigenvalue weighted by atomic mass is 9.49. The van der Waals surface area contributed by atoms with Crippen molar-refractivity contribution in [1.82, 2.24) is 39.8 Å². The third kappa shape index (κ3) is 10.4. The molecule has 0 bridgehead atoms. The molecule has 1 aliphatic carbocycles. The van der Waals surface area contributed by atoms with Gasteiger partial charge in [-0.1, -0.05) is 52.3 Å². The van der Waals surface area contributed by atoms with Crippen LogP contribution < -0.4 is 29.9 Å². The van der Waals surface area contributed by atoms with Crippen molar-refractivity contribution < 1.29 is 19.4 Å². The number of likely N-dealkylation sites (tertiary alicyclic amines) is 1. The molecule has 3 N–H and O–H groups in total. The van der Waals surface area contributed by atoms with Gasteiger partial charge in [0.05, 0.1) is 22.3 Å². The number of aliphatic hydroxyl groups is 1. The van der Waals surface area contributed by atoms with Gasteiger partial charge in [-0.2, -0.15) is 14.9 Å². The van der Waals surface area contributed by atoms with Crippen LogP contribution in [-0.4, -0.2) is 116 Å². The van der Waals surface area contributed by atoms with Crippen LogP contribution in [0.2, 0.25) is 5.02 Å². The van der Waals surface area contributed by atoms with Crippen molar-refractivity contribution in [2.45, 2.75) is 123 Å². The lowest BCUT2D eigenvalue weighted by Gasteiger charge is -2.63. The molecular formula is C52H67ClN12O4. The molecule has 3 aliphatic heterocycles. The van der Waals surface area contributed by atoms with Gasteiger partial charge >= 0.3 is 0 Å². The van der Waals surface area contributed by atoms with Gasteiger partial charge in [-0.25, -0.2) is 19.9 Å². The van der Waals surface area contributed by atoms with Crippen molar-refractivity contribution in [1.29, 1.82) is 5.26 Å². The summed E-state index contributed by atoms with van der Waals surface area (Å²) in [6, 6.07) is 13.5. The van der Waals surface area contributed by atoms with Gasteiger partial charge in [-0.15, -0.1) is 0 Å².